The van der Waals surface area contributed by atoms with Gasteiger partial charge in [-0.25, -0.2) is 4.98 Å². The van der Waals surface area contributed by atoms with Crippen LogP contribution in [0.15, 0.2) is 35.3 Å². The summed E-state index contributed by atoms with van der Waals surface area (Å²) in [4.78, 5) is 24.4. The van der Waals surface area contributed by atoms with Crippen molar-refractivity contribution in [1.29, 1.82) is 0 Å². The number of nitrogens with one attached hydrogen (secondary N) is 1. The molecule has 0 spiro atoms. The quantitative estimate of drug-likeness (QED) is 0.523. The highest BCUT2D eigenvalue weighted by Gasteiger charge is 2.19. The van der Waals surface area contributed by atoms with Gasteiger partial charge >= 0.3 is 5.97 Å². The molecule has 29 heavy (non-hydrogen) atoms. The normalized spacial score (nSPS) is 20.3. The Morgan fingerprint density at radius 2 is 2.21 bits per heavy atom. The van der Waals surface area contributed by atoms with E-state index in [1.807, 2.05) is 6.07 Å². The van der Waals surface area contributed by atoms with Crippen LogP contribution in [0.1, 0.15) is 39.5 Å². The van der Waals surface area contributed by atoms with Crippen LogP contribution in [0.4, 0.5) is 5.95 Å². The van der Waals surface area contributed by atoms with Crippen LogP contribution in [0.2, 0.25) is 0 Å². The molecule has 0 unspecified atom stereocenters. The molecule has 2 aromatic heterocycles. The highest BCUT2D eigenvalue weighted by molar-refractivity contribution is 5.85. The molecule has 3 rings (SSSR count). The summed E-state index contributed by atoms with van der Waals surface area (Å²) in [7, 11) is 0. The predicted molar refractivity (Wildman–Crippen MR) is 115 cm³/mol. The van der Waals surface area contributed by atoms with Gasteiger partial charge in [0, 0.05) is 36.7 Å². The van der Waals surface area contributed by atoms with Crippen molar-refractivity contribution >= 4 is 29.2 Å². The summed E-state index contributed by atoms with van der Waals surface area (Å²) in [5.74, 6) is 1.60. The molecule has 1 aliphatic carbocycles. The van der Waals surface area contributed by atoms with E-state index in [9.17, 15) is 4.79 Å². The molecule has 8 heteroatoms. The molecular weight excluding hydrogens is 368 g/mol. The lowest BCUT2D eigenvalue weighted by Gasteiger charge is -2.26. The fourth-order valence-corrected chi connectivity index (χ4v) is 3.64. The number of anilines is 1. The molecule has 2 aromatic rings. The van der Waals surface area contributed by atoms with Gasteiger partial charge < -0.3 is 20.4 Å². The molecule has 156 valence electrons. The Morgan fingerprint density at radius 3 is 2.93 bits per heavy atom. The van der Waals surface area contributed by atoms with E-state index in [0.717, 1.165) is 23.5 Å². The third-order valence-corrected chi connectivity index (χ3v) is 5.28. The SMILES string of the molecule is CCOC(=O)CN=CC(=CN)Nc1ncc2ccn(CC3CCC(C)CC3)c2n1. The maximum atomic E-state index is 11.4. The van der Waals surface area contributed by atoms with Crippen LogP contribution in [-0.4, -0.2) is 39.9 Å². The lowest BCUT2D eigenvalue weighted by Crippen LogP contribution is -2.17. The topological polar surface area (TPSA) is 107 Å². The van der Waals surface area contributed by atoms with Crippen molar-refractivity contribution in [3.8, 4) is 0 Å². The van der Waals surface area contributed by atoms with E-state index in [0.29, 0.717) is 24.2 Å². The van der Waals surface area contributed by atoms with Crippen molar-refractivity contribution < 1.29 is 9.53 Å². The van der Waals surface area contributed by atoms with Gasteiger partial charge in [-0.2, -0.15) is 4.98 Å². The fourth-order valence-electron chi connectivity index (χ4n) is 3.64. The van der Waals surface area contributed by atoms with E-state index in [2.05, 4.69) is 38.0 Å². The van der Waals surface area contributed by atoms with Crippen LogP contribution in [-0.2, 0) is 16.1 Å². The second kappa shape index (κ2) is 10.0. The van der Waals surface area contributed by atoms with E-state index in [1.165, 1.54) is 38.1 Å². The van der Waals surface area contributed by atoms with Gasteiger partial charge in [-0.05, 0) is 37.7 Å². The molecule has 1 fully saturated rings. The average molecular weight is 399 g/mol. The van der Waals surface area contributed by atoms with E-state index >= 15 is 0 Å². The van der Waals surface area contributed by atoms with Gasteiger partial charge in [0.1, 0.15) is 12.2 Å². The lowest BCUT2D eigenvalue weighted by atomic mass is 9.83. The second-order valence-electron chi connectivity index (χ2n) is 7.59. The molecule has 3 N–H and O–H groups in total. The maximum absolute atomic E-state index is 11.4. The van der Waals surface area contributed by atoms with Crippen LogP contribution < -0.4 is 11.1 Å². The van der Waals surface area contributed by atoms with Gasteiger partial charge in [0.15, 0.2) is 0 Å². The van der Waals surface area contributed by atoms with Crippen LogP contribution >= 0.6 is 0 Å². The summed E-state index contributed by atoms with van der Waals surface area (Å²) in [5, 5.41) is 4.06. The number of rotatable bonds is 8. The summed E-state index contributed by atoms with van der Waals surface area (Å²) in [6, 6.07) is 2.05. The third kappa shape index (κ3) is 5.79. The van der Waals surface area contributed by atoms with Crippen LogP contribution in [0, 0.1) is 11.8 Å². The second-order valence-corrected chi connectivity index (χ2v) is 7.59. The van der Waals surface area contributed by atoms with E-state index in [4.69, 9.17) is 10.5 Å². The smallest absolute Gasteiger partial charge is 0.327 e. The molecule has 0 saturated heterocycles. The van der Waals surface area contributed by atoms with Crippen LogP contribution in [0.3, 0.4) is 0 Å². The van der Waals surface area contributed by atoms with E-state index in [1.54, 1.807) is 13.1 Å². The summed E-state index contributed by atoms with van der Waals surface area (Å²) < 4.78 is 7.06. The van der Waals surface area contributed by atoms with Crippen molar-refractivity contribution in [1.82, 2.24) is 14.5 Å². The number of hydrogen-bond donors (Lipinski definition) is 2. The number of aliphatic imine (C=N–C) groups is 1. The van der Waals surface area contributed by atoms with Gasteiger partial charge in [-0.1, -0.05) is 19.8 Å². The Balaban J connectivity index is 1.66. The first kappa shape index (κ1) is 20.8. The van der Waals surface area contributed by atoms with Crippen molar-refractivity contribution in [3.05, 3.63) is 30.4 Å². The Kier molecular flexibility index (Phi) is 7.21. The number of nitrogens with zero attached hydrogens (tertiary/aromatic N) is 4. The fraction of sp³-hybridized carbons (Fsp3) is 0.524. The number of nitrogens with two attached hydrogens (primary N) is 1. The van der Waals surface area contributed by atoms with Gasteiger partial charge in [0.25, 0.3) is 0 Å². The maximum Gasteiger partial charge on any atom is 0.327 e. The van der Waals surface area contributed by atoms with Crippen LogP contribution in [0.5, 0.6) is 0 Å². The summed E-state index contributed by atoms with van der Waals surface area (Å²) in [6.45, 7) is 5.35. The van der Waals surface area contributed by atoms with E-state index in [-0.39, 0.29) is 12.5 Å². The zero-order valence-electron chi connectivity index (χ0n) is 17.2. The number of ether oxygens (including phenoxy) is 1. The minimum absolute atomic E-state index is 0.0599. The minimum atomic E-state index is -0.382. The Bertz CT molecular complexity index is 880. The molecule has 1 aliphatic rings. The number of fused-ring (bicyclic) bond motifs is 1. The molecule has 0 aliphatic heterocycles. The van der Waals surface area contributed by atoms with Gasteiger partial charge in [-0.3, -0.25) is 9.79 Å². The summed E-state index contributed by atoms with van der Waals surface area (Å²) in [6.07, 6.45) is 11.9. The van der Waals surface area contributed by atoms with Gasteiger partial charge in [0.05, 0.1) is 12.3 Å². The Labute approximate surface area is 171 Å². The Hall–Kier alpha value is -2.90. The number of allylic oxidation sites excluding steroid dienone is 1. The van der Waals surface area contributed by atoms with Crippen molar-refractivity contribution in [2.75, 3.05) is 18.5 Å². The minimum Gasteiger partial charge on any atom is -0.465 e. The molecule has 8 nitrogen and oxygen atoms in total. The van der Waals surface area contributed by atoms with Gasteiger partial charge in [-0.15, -0.1) is 0 Å². The zero-order valence-corrected chi connectivity index (χ0v) is 17.2. The first-order valence-corrected chi connectivity index (χ1v) is 10.2. The van der Waals surface area contributed by atoms with Crippen LogP contribution in [0.25, 0.3) is 11.0 Å². The number of esters is 1. The first-order valence-electron chi connectivity index (χ1n) is 10.2. The molecule has 0 radical (unpaired) electrons. The molecule has 1 saturated carbocycles. The number of aromatic nitrogens is 3. The summed E-state index contributed by atoms with van der Waals surface area (Å²) in [5.41, 5.74) is 7.07. The lowest BCUT2D eigenvalue weighted by molar-refractivity contribution is -0.141. The number of carbonyl (C=O) groups excluding carboxylic acids is 1. The third-order valence-electron chi connectivity index (χ3n) is 5.28. The number of carbonyl (C=O) groups is 1. The van der Waals surface area contributed by atoms with Gasteiger partial charge in [0.2, 0.25) is 5.95 Å². The highest BCUT2D eigenvalue weighted by Crippen LogP contribution is 2.30. The molecule has 0 amide bonds. The van der Waals surface area contributed by atoms with Crippen molar-refractivity contribution in [2.24, 2.45) is 22.6 Å². The highest BCUT2D eigenvalue weighted by atomic mass is 16.5. The van der Waals surface area contributed by atoms with Crippen molar-refractivity contribution in [2.45, 2.75) is 46.1 Å². The largest absolute Gasteiger partial charge is 0.465 e. The Morgan fingerprint density at radius 1 is 1.41 bits per heavy atom. The first-order chi connectivity index (χ1) is 14.1. The average Bonchev–Trinajstić information content (AvgIpc) is 3.11. The molecule has 0 aromatic carbocycles. The standard InChI is InChI=1S/C21H30N6O2/c1-3-29-19(28)13-23-12-18(10-22)25-21-24-11-17-8-9-27(20(17)26-21)14-16-6-4-15(2)5-7-16/h8-12,15-16H,3-7,13-14,22H2,1-2H3,(H,24,25,26). The molecule has 0 atom stereocenters. The molecular formula is C21H30N6O2. The van der Waals surface area contributed by atoms with E-state index < -0.39 is 0 Å². The summed E-state index contributed by atoms with van der Waals surface area (Å²) >= 11 is 0. The predicted octanol–water partition coefficient (Wildman–Crippen LogP) is 3.10. The zero-order chi connectivity index (χ0) is 20.6. The molecule has 2 heterocycles. The monoisotopic (exact) mass is 398 g/mol. The number of hydrogen-bond acceptors (Lipinski definition) is 7. The molecule has 0 bridgehead atoms. The van der Waals surface area contributed by atoms with Crippen molar-refractivity contribution in [3.63, 3.8) is 0 Å².